The van der Waals surface area contributed by atoms with E-state index in [1.807, 2.05) is 0 Å². The van der Waals surface area contributed by atoms with Gasteiger partial charge in [0.25, 0.3) is 11.8 Å². The molecule has 6 N–H and O–H groups in total. The van der Waals surface area contributed by atoms with Crippen LogP contribution < -0.4 is 28.5 Å². The lowest BCUT2D eigenvalue weighted by Crippen LogP contribution is -2.33. The molecule has 0 aliphatic carbocycles. The normalized spacial score (nSPS) is 16.3. The van der Waals surface area contributed by atoms with Gasteiger partial charge >= 0.3 is 20.8 Å². The van der Waals surface area contributed by atoms with E-state index < -0.39 is 44.1 Å². The first kappa shape index (κ1) is 46.0. The summed E-state index contributed by atoms with van der Waals surface area (Å²) in [6, 6.07) is 13.2. The molecule has 4 aliphatic rings. The lowest BCUT2D eigenvalue weighted by Gasteiger charge is -2.17. The molecule has 4 aromatic carbocycles. The Morgan fingerprint density at radius 2 is 1.15 bits per heavy atom. The van der Waals surface area contributed by atoms with E-state index >= 15 is 0 Å². The Morgan fingerprint density at radius 1 is 0.627 bits per heavy atom. The third-order valence-corrected chi connectivity index (χ3v) is 11.4. The second-order valence-electron chi connectivity index (χ2n) is 11.9. The summed E-state index contributed by atoms with van der Waals surface area (Å²) in [6.07, 6.45) is 2.39. The average molecular weight is 1180 g/mol. The molecule has 4 aromatic rings. The molecule has 0 saturated heterocycles. The van der Waals surface area contributed by atoms with E-state index in [9.17, 15) is 45.9 Å². The van der Waals surface area contributed by atoms with Gasteiger partial charge < -0.3 is 38.9 Å². The molecule has 8 bridgehead atoms. The van der Waals surface area contributed by atoms with Gasteiger partial charge in [0.05, 0.1) is 22.4 Å². The fourth-order valence-electron chi connectivity index (χ4n) is 5.18. The van der Waals surface area contributed by atoms with Crippen LogP contribution in [-0.4, -0.2) is 66.1 Å². The van der Waals surface area contributed by atoms with Crippen LogP contribution in [-0.2, 0) is 49.6 Å². The molecule has 312 valence electrons. The standard InChI is InChI=1S/C34H25Br5N4O14S2/c35-20-7-16-1-2-27(20)54-28-15-19(11-24(39)31(28)56-58(48,49)50)13-26(43-47)34(45)40-5-3-17-8-21(36)30(22(37)9-17)55-29-14-18(4-6-41-33(44)25(12-16)42-46)10-23(38)32(29)57-59(51,52)53/h1-3,5,7-11,14-15,46-47H,4,6,12-13H2,(H,40,45)(H,41,44)(H,48,49,50)(H,51,52,53)/b5-3-,42-25+,43-26+. The molecule has 0 spiro atoms. The van der Waals surface area contributed by atoms with Crippen LogP contribution in [0.15, 0.2) is 93.5 Å². The van der Waals surface area contributed by atoms with E-state index in [0.29, 0.717) is 25.6 Å². The van der Waals surface area contributed by atoms with Gasteiger partial charge in [-0.05, 0) is 163 Å². The molecule has 0 radical (unpaired) electrons. The Balaban J connectivity index is 1.56. The van der Waals surface area contributed by atoms with E-state index in [2.05, 4.69) is 101 Å². The molecule has 0 atom stereocenters. The third-order valence-electron chi connectivity index (χ3n) is 7.66. The monoisotopic (exact) mass is 1170 g/mol. The van der Waals surface area contributed by atoms with Gasteiger partial charge in [0, 0.05) is 25.6 Å². The second-order valence-corrected chi connectivity index (χ2v) is 18.2. The SMILES string of the molecule is O=C1N/C=C\c2cc(Br)c(c(Br)c2)Oc2cc(cc(Br)c2OS(=O)(=O)O)CCNC(=O)/C(=N/O)Cc2ccc(c(Br)c2)Oc2cc(cc(Br)c2OS(=O)(=O)O)C/C1=N\O. The van der Waals surface area contributed by atoms with Gasteiger partial charge in [-0.15, -0.1) is 0 Å². The molecule has 4 heterocycles. The fourth-order valence-corrected chi connectivity index (χ4v) is 9.19. The summed E-state index contributed by atoms with van der Waals surface area (Å²) < 4.78 is 88.6. The number of nitrogens with zero attached hydrogens (tertiary/aromatic N) is 2. The smallest absolute Gasteiger partial charge is 0.446 e. The molecule has 0 unspecified atom stereocenters. The maximum absolute atomic E-state index is 13.1. The Bertz CT molecular complexity index is 2640. The number of hydrogen-bond acceptors (Lipinski definition) is 14. The van der Waals surface area contributed by atoms with Gasteiger partial charge in [-0.1, -0.05) is 16.4 Å². The molecule has 0 saturated carbocycles. The van der Waals surface area contributed by atoms with E-state index in [1.54, 1.807) is 12.1 Å². The van der Waals surface area contributed by atoms with Crippen molar-refractivity contribution in [2.24, 2.45) is 10.3 Å². The summed E-state index contributed by atoms with van der Waals surface area (Å²) in [5.74, 6) is -2.61. The van der Waals surface area contributed by atoms with Crippen LogP contribution in [0.4, 0.5) is 0 Å². The molecule has 2 amide bonds. The van der Waals surface area contributed by atoms with Crippen LogP contribution in [0.2, 0.25) is 0 Å². The molecular weight excluding hydrogens is 1150 g/mol. The lowest BCUT2D eigenvalue weighted by molar-refractivity contribution is -0.115. The number of benzene rings is 4. The number of hydrogen-bond donors (Lipinski definition) is 6. The zero-order chi connectivity index (χ0) is 43.2. The summed E-state index contributed by atoms with van der Waals surface area (Å²) >= 11 is 16.6. The highest BCUT2D eigenvalue weighted by atomic mass is 79.9. The highest BCUT2D eigenvalue weighted by molar-refractivity contribution is 9.11. The summed E-state index contributed by atoms with van der Waals surface area (Å²) in [6.45, 7) is -0.00208. The molecule has 0 aromatic heterocycles. The summed E-state index contributed by atoms with van der Waals surface area (Å²) in [5, 5.41) is 30.9. The Morgan fingerprint density at radius 3 is 1.73 bits per heavy atom. The van der Waals surface area contributed by atoms with Crippen LogP contribution in [0.3, 0.4) is 0 Å². The van der Waals surface area contributed by atoms with Crippen molar-refractivity contribution in [3.05, 3.63) is 105 Å². The van der Waals surface area contributed by atoms with Gasteiger partial charge in [0.1, 0.15) is 17.2 Å². The maximum Gasteiger partial charge on any atom is 0.446 e. The first-order valence-electron chi connectivity index (χ1n) is 16.0. The number of nitrogens with one attached hydrogen (secondary N) is 2. The van der Waals surface area contributed by atoms with Crippen molar-refractivity contribution in [1.29, 1.82) is 0 Å². The first-order chi connectivity index (χ1) is 27.7. The molecule has 8 rings (SSSR count). The fraction of sp³-hybridized carbons (Fsp3) is 0.118. The van der Waals surface area contributed by atoms with Gasteiger partial charge in [-0.3, -0.25) is 18.7 Å². The van der Waals surface area contributed by atoms with Crippen LogP contribution in [0.5, 0.6) is 34.5 Å². The second kappa shape index (κ2) is 19.5. The number of carbonyl (C=O) groups is 2. The molecule has 18 nitrogen and oxygen atoms in total. The van der Waals surface area contributed by atoms with Crippen LogP contribution in [0, 0.1) is 0 Å². The highest BCUT2D eigenvalue weighted by Gasteiger charge is 2.24. The summed E-state index contributed by atoms with van der Waals surface area (Å²) in [5.41, 5.74) is 1.04. The largest absolute Gasteiger partial charge is 0.452 e. The van der Waals surface area contributed by atoms with E-state index in [-0.39, 0.29) is 79.2 Å². The molecule has 0 fully saturated rings. The predicted molar refractivity (Wildman–Crippen MR) is 229 cm³/mol. The quantitative estimate of drug-likeness (QED) is 0.0651. The minimum absolute atomic E-state index is 0.00208. The molecular formula is C34H25Br5N4O14S2. The van der Waals surface area contributed by atoms with Crippen molar-refractivity contribution in [2.75, 3.05) is 6.54 Å². The summed E-state index contributed by atoms with van der Waals surface area (Å²) in [4.78, 5) is 26.2. The van der Waals surface area contributed by atoms with Crippen molar-refractivity contribution in [3.8, 4) is 34.5 Å². The zero-order valence-electron chi connectivity index (χ0n) is 29.2. The van der Waals surface area contributed by atoms with E-state index in [0.717, 1.165) is 0 Å². The minimum atomic E-state index is -5.06. The first-order valence-corrected chi connectivity index (χ1v) is 22.7. The van der Waals surface area contributed by atoms with Gasteiger partial charge in [-0.25, -0.2) is 0 Å². The van der Waals surface area contributed by atoms with E-state index in [1.165, 1.54) is 54.7 Å². The number of oxime groups is 2. The third kappa shape index (κ3) is 12.7. The Hall–Kier alpha value is -4.08. The number of rotatable bonds is 4. The van der Waals surface area contributed by atoms with Gasteiger partial charge in [-0.2, -0.15) is 16.8 Å². The van der Waals surface area contributed by atoms with Crippen LogP contribution >= 0.6 is 79.6 Å². The Kier molecular flexibility index (Phi) is 15.2. The van der Waals surface area contributed by atoms with Gasteiger partial charge in [0.15, 0.2) is 17.2 Å². The molecule has 4 aliphatic heterocycles. The van der Waals surface area contributed by atoms with Crippen molar-refractivity contribution >= 4 is 130 Å². The molecule has 59 heavy (non-hydrogen) atoms. The maximum atomic E-state index is 13.1. The van der Waals surface area contributed by atoms with Crippen molar-refractivity contribution in [1.82, 2.24) is 10.6 Å². The average Bonchev–Trinajstić information content (AvgIpc) is 3.13. The predicted octanol–water partition coefficient (Wildman–Crippen LogP) is 7.65. The van der Waals surface area contributed by atoms with Crippen molar-refractivity contribution < 1.29 is 63.8 Å². The zero-order valence-corrected chi connectivity index (χ0v) is 38.7. The topological polar surface area (TPSA) is 269 Å². The lowest BCUT2D eigenvalue weighted by atomic mass is 10.1. The number of halogens is 5. The van der Waals surface area contributed by atoms with Crippen molar-refractivity contribution in [2.45, 2.75) is 19.3 Å². The number of carbonyl (C=O) groups excluding carboxylic acids is 2. The van der Waals surface area contributed by atoms with Crippen LogP contribution in [0.1, 0.15) is 22.3 Å². The summed E-state index contributed by atoms with van der Waals surface area (Å²) in [7, 11) is -10.1. The van der Waals surface area contributed by atoms with Crippen molar-refractivity contribution in [3.63, 3.8) is 0 Å². The van der Waals surface area contributed by atoms with E-state index in [4.69, 9.17) is 17.8 Å². The molecule has 25 heteroatoms. The van der Waals surface area contributed by atoms with Gasteiger partial charge in [0.2, 0.25) is 11.5 Å². The number of ether oxygens (including phenoxy) is 2. The highest BCUT2D eigenvalue weighted by Crippen LogP contribution is 2.45. The minimum Gasteiger partial charge on any atom is -0.452 e. The van der Waals surface area contributed by atoms with Crippen LogP contribution in [0.25, 0.3) is 6.08 Å². The Labute approximate surface area is 377 Å². The number of amides is 2.